The average molecular weight is 303 g/mol. The van der Waals surface area contributed by atoms with Crippen molar-refractivity contribution in [3.05, 3.63) is 57.5 Å². The Labute approximate surface area is 132 Å². The Hall–Kier alpha value is -3.38. The molecule has 0 bridgehead atoms. The fraction of sp³-hybridized carbons (Fsp3) is 0.176. The van der Waals surface area contributed by atoms with E-state index in [1.807, 2.05) is 26.0 Å². The molecule has 2 aromatic heterocycles. The van der Waals surface area contributed by atoms with Gasteiger partial charge >= 0.3 is 0 Å². The van der Waals surface area contributed by atoms with Gasteiger partial charge in [-0.3, -0.25) is 4.79 Å². The Morgan fingerprint density at radius 3 is 2.70 bits per heavy atom. The van der Waals surface area contributed by atoms with Gasteiger partial charge in [-0.05, 0) is 23.6 Å². The van der Waals surface area contributed by atoms with Crippen molar-refractivity contribution >= 4 is 5.65 Å². The van der Waals surface area contributed by atoms with Crippen LogP contribution in [0, 0.1) is 22.7 Å². The summed E-state index contributed by atoms with van der Waals surface area (Å²) in [5, 5.41) is 22.3. The van der Waals surface area contributed by atoms with E-state index in [0.717, 1.165) is 5.56 Å². The van der Waals surface area contributed by atoms with Crippen LogP contribution in [0.25, 0.3) is 16.9 Å². The van der Waals surface area contributed by atoms with Crippen LogP contribution >= 0.6 is 0 Å². The van der Waals surface area contributed by atoms with Crippen molar-refractivity contribution in [2.45, 2.75) is 19.8 Å². The van der Waals surface area contributed by atoms with Gasteiger partial charge in [0, 0.05) is 5.56 Å². The van der Waals surface area contributed by atoms with Crippen LogP contribution in [-0.4, -0.2) is 14.6 Å². The molecule has 6 nitrogen and oxygen atoms in total. The monoisotopic (exact) mass is 303 g/mol. The van der Waals surface area contributed by atoms with E-state index in [2.05, 4.69) is 16.2 Å². The van der Waals surface area contributed by atoms with E-state index in [-0.39, 0.29) is 11.5 Å². The topological polar surface area (TPSA) is 97.7 Å². The molecule has 0 fully saturated rings. The molecular formula is C17H13N5O. The second kappa shape index (κ2) is 5.43. The number of nitrogens with zero attached hydrogens (tertiary/aromatic N) is 4. The molecule has 0 unspecified atom stereocenters. The molecular weight excluding hydrogens is 290 g/mol. The van der Waals surface area contributed by atoms with Gasteiger partial charge in [0.15, 0.2) is 5.65 Å². The molecule has 0 aliphatic carbocycles. The minimum Gasteiger partial charge on any atom is -0.338 e. The van der Waals surface area contributed by atoms with Gasteiger partial charge in [-0.2, -0.15) is 20.1 Å². The summed E-state index contributed by atoms with van der Waals surface area (Å²) in [7, 11) is 0. The number of benzene rings is 1. The van der Waals surface area contributed by atoms with Crippen molar-refractivity contribution in [3.63, 3.8) is 0 Å². The highest BCUT2D eigenvalue weighted by Crippen LogP contribution is 2.26. The van der Waals surface area contributed by atoms with E-state index in [1.54, 1.807) is 18.2 Å². The van der Waals surface area contributed by atoms with Gasteiger partial charge in [0.2, 0.25) is 0 Å². The molecule has 0 atom stereocenters. The number of fused-ring (bicyclic) bond motifs is 1. The van der Waals surface area contributed by atoms with Crippen molar-refractivity contribution in [1.29, 1.82) is 10.5 Å². The first-order valence-electron chi connectivity index (χ1n) is 7.11. The van der Waals surface area contributed by atoms with Crippen LogP contribution in [0.2, 0.25) is 0 Å². The summed E-state index contributed by atoms with van der Waals surface area (Å²) < 4.78 is 1.21. The minimum absolute atomic E-state index is 0.0429. The highest BCUT2D eigenvalue weighted by molar-refractivity contribution is 5.69. The molecule has 112 valence electrons. The van der Waals surface area contributed by atoms with E-state index in [4.69, 9.17) is 10.5 Å². The van der Waals surface area contributed by atoms with E-state index >= 15 is 0 Å². The predicted octanol–water partition coefficient (Wildman–Crippen LogP) is 2.56. The van der Waals surface area contributed by atoms with Gasteiger partial charge in [-0.1, -0.05) is 26.0 Å². The Balaban J connectivity index is 2.43. The number of hydrogen-bond acceptors (Lipinski definition) is 4. The number of rotatable bonds is 2. The van der Waals surface area contributed by atoms with Gasteiger partial charge in [-0.15, -0.1) is 0 Å². The van der Waals surface area contributed by atoms with Crippen molar-refractivity contribution in [3.8, 4) is 23.4 Å². The van der Waals surface area contributed by atoms with E-state index in [0.29, 0.717) is 28.0 Å². The number of nitriles is 2. The van der Waals surface area contributed by atoms with Crippen molar-refractivity contribution < 1.29 is 0 Å². The number of H-pyrrole nitrogens is 1. The van der Waals surface area contributed by atoms with E-state index in [1.165, 1.54) is 10.7 Å². The largest absolute Gasteiger partial charge is 0.338 e. The summed E-state index contributed by atoms with van der Waals surface area (Å²) in [6.07, 6.45) is 1.37. The summed E-state index contributed by atoms with van der Waals surface area (Å²) >= 11 is 0. The molecule has 0 radical (unpaired) electrons. The van der Waals surface area contributed by atoms with Crippen LogP contribution in [0.4, 0.5) is 0 Å². The smallest absolute Gasteiger partial charge is 0.278 e. The Bertz CT molecular complexity index is 1040. The number of nitrogens with one attached hydrogen (secondary N) is 1. The number of hydrogen-bond donors (Lipinski definition) is 1. The molecule has 3 aromatic rings. The molecule has 6 heteroatoms. The zero-order chi connectivity index (χ0) is 16.6. The predicted molar refractivity (Wildman–Crippen MR) is 84.8 cm³/mol. The summed E-state index contributed by atoms with van der Waals surface area (Å²) in [4.78, 5) is 15.9. The lowest BCUT2D eigenvalue weighted by atomic mass is 9.97. The molecule has 1 aromatic carbocycles. The van der Waals surface area contributed by atoms with E-state index < -0.39 is 0 Å². The van der Waals surface area contributed by atoms with Crippen molar-refractivity contribution in [2.75, 3.05) is 0 Å². The van der Waals surface area contributed by atoms with Crippen LogP contribution in [0.3, 0.4) is 0 Å². The van der Waals surface area contributed by atoms with Gasteiger partial charge < -0.3 is 4.98 Å². The molecule has 2 heterocycles. The molecule has 0 aliphatic heterocycles. The molecule has 0 amide bonds. The Kier molecular flexibility index (Phi) is 3.44. The standard InChI is InChI=1S/C17H13N5O/c1-10(2)14-15(12-5-3-4-11(6-12)7-18)21-16-13(8-19)9-20-22(16)17(14)23/h3-6,9-10,21H,1-2H3. The molecule has 0 saturated carbocycles. The first kappa shape index (κ1) is 14.6. The van der Waals surface area contributed by atoms with Gasteiger partial charge in [0.25, 0.3) is 5.56 Å². The van der Waals surface area contributed by atoms with Crippen molar-refractivity contribution in [2.24, 2.45) is 0 Å². The minimum atomic E-state index is -0.257. The van der Waals surface area contributed by atoms with Gasteiger partial charge in [0.1, 0.15) is 11.6 Å². The second-order valence-corrected chi connectivity index (χ2v) is 5.50. The third-order valence-electron chi connectivity index (χ3n) is 3.68. The number of aromatic amines is 1. The maximum atomic E-state index is 12.8. The maximum Gasteiger partial charge on any atom is 0.278 e. The Morgan fingerprint density at radius 1 is 1.26 bits per heavy atom. The van der Waals surface area contributed by atoms with Crippen LogP contribution in [0.15, 0.2) is 35.3 Å². The fourth-order valence-electron chi connectivity index (χ4n) is 2.62. The fourth-order valence-corrected chi connectivity index (χ4v) is 2.62. The molecule has 0 aliphatic rings. The molecule has 0 saturated heterocycles. The summed E-state index contributed by atoms with van der Waals surface area (Å²) in [6.45, 7) is 3.84. The normalized spacial score (nSPS) is 10.7. The quantitative estimate of drug-likeness (QED) is 0.786. The first-order valence-corrected chi connectivity index (χ1v) is 7.11. The lowest BCUT2D eigenvalue weighted by Gasteiger charge is -2.13. The third-order valence-corrected chi connectivity index (χ3v) is 3.68. The lowest BCUT2D eigenvalue weighted by molar-refractivity contribution is 0.797. The molecule has 3 rings (SSSR count). The first-order chi connectivity index (χ1) is 11.1. The zero-order valence-corrected chi connectivity index (χ0v) is 12.7. The highest BCUT2D eigenvalue weighted by atomic mass is 16.1. The van der Waals surface area contributed by atoms with Crippen LogP contribution in [0.5, 0.6) is 0 Å². The van der Waals surface area contributed by atoms with Crippen LogP contribution in [0.1, 0.15) is 36.5 Å². The Morgan fingerprint density at radius 2 is 2.04 bits per heavy atom. The van der Waals surface area contributed by atoms with Crippen molar-refractivity contribution in [1.82, 2.24) is 14.6 Å². The van der Waals surface area contributed by atoms with Crippen LogP contribution in [-0.2, 0) is 0 Å². The second-order valence-electron chi connectivity index (χ2n) is 5.50. The summed E-state index contributed by atoms with van der Waals surface area (Å²) in [6, 6.07) is 11.1. The van der Waals surface area contributed by atoms with Gasteiger partial charge in [0.05, 0.1) is 23.5 Å². The molecule has 0 spiro atoms. The summed E-state index contributed by atoms with van der Waals surface area (Å²) in [5.74, 6) is -0.0429. The van der Waals surface area contributed by atoms with Crippen LogP contribution < -0.4 is 5.56 Å². The summed E-state index contributed by atoms with van der Waals surface area (Å²) in [5.41, 5.74) is 2.83. The highest BCUT2D eigenvalue weighted by Gasteiger charge is 2.19. The van der Waals surface area contributed by atoms with E-state index in [9.17, 15) is 4.79 Å². The molecule has 23 heavy (non-hydrogen) atoms. The third kappa shape index (κ3) is 2.27. The number of aromatic nitrogens is 3. The SMILES string of the molecule is CC(C)c1c(-c2cccc(C#N)c2)[nH]c2c(C#N)cnn2c1=O. The maximum absolute atomic E-state index is 12.8. The molecule has 1 N–H and O–H groups in total. The van der Waals surface area contributed by atoms with Gasteiger partial charge in [-0.25, -0.2) is 0 Å². The zero-order valence-electron chi connectivity index (χ0n) is 12.7. The lowest BCUT2D eigenvalue weighted by Crippen LogP contribution is -2.22. The average Bonchev–Trinajstić information content (AvgIpc) is 2.97.